The highest BCUT2D eigenvalue weighted by atomic mass is 32.2. The summed E-state index contributed by atoms with van der Waals surface area (Å²) in [5.74, 6) is 1.89. The Hall–Kier alpha value is -1.45. The number of hydrogen-bond donors (Lipinski definition) is 1. The van der Waals surface area contributed by atoms with Crippen molar-refractivity contribution >= 4 is 21.8 Å². The number of thioether (sulfide) groups is 1. The zero-order chi connectivity index (χ0) is 18.0. The average molecular weight is 385 g/mol. The molecule has 1 atom stereocenters. The van der Waals surface area contributed by atoms with Crippen molar-refractivity contribution in [1.29, 1.82) is 0 Å². The Labute approximate surface area is 151 Å². The average Bonchev–Trinajstić information content (AvgIpc) is 3.30. The standard InChI is InChI=1S/C16H21FN4O2S2/c1-3-21-15(18-19-16(21)24-10-12-4-5-12)11(2)20-25(22,23)14-8-6-13(17)7-9-14/h6-9,11-12,20H,3-5,10H2,1-2H3/t11-/m1/s1. The summed E-state index contributed by atoms with van der Waals surface area (Å²) >= 11 is 1.67. The van der Waals surface area contributed by atoms with Crippen molar-refractivity contribution in [3.05, 3.63) is 35.9 Å². The maximum absolute atomic E-state index is 13.0. The lowest BCUT2D eigenvalue weighted by Gasteiger charge is -2.15. The Morgan fingerprint density at radius 1 is 1.32 bits per heavy atom. The fraction of sp³-hybridized carbons (Fsp3) is 0.500. The minimum atomic E-state index is -3.76. The molecule has 0 radical (unpaired) electrons. The Kier molecular flexibility index (Phi) is 5.45. The number of benzene rings is 1. The summed E-state index contributed by atoms with van der Waals surface area (Å²) in [4.78, 5) is 0.0200. The van der Waals surface area contributed by atoms with Crippen LogP contribution in [0, 0.1) is 11.7 Å². The third-order valence-corrected chi connectivity index (χ3v) is 6.80. The van der Waals surface area contributed by atoms with Gasteiger partial charge < -0.3 is 4.57 Å². The van der Waals surface area contributed by atoms with E-state index in [0.717, 1.165) is 29.0 Å². The highest BCUT2D eigenvalue weighted by molar-refractivity contribution is 7.99. The van der Waals surface area contributed by atoms with Gasteiger partial charge in [0.15, 0.2) is 11.0 Å². The van der Waals surface area contributed by atoms with E-state index in [2.05, 4.69) is 14.9 Å². The lowest BCUT2D eigenvalue weighted by atomic mass is 10.3. The lowest BCUT2D eigenvalue weighted by molar-refractivity contribution is 0.539. The molecule has 1 aromatic carbocycles. The first-order chi connectivity index (χ1) is 11.9. The van der Waals surface area contributed by atoms with Crippen LogP contribution in [0.15, 0.2) is 34.3 Å². The van der Waals surface area contributed by atoms with Crippen LogP contribution in [0.2, 0.25) is 0 Å². The van der Waals surface area contributed by atoms with Crippen LogP contribution in [-0.2, 0) is 16.6 Å². The molecule has 1 heterocycles. The second-order valence-corrected chi connectivity index (χ2v) is 8.84. The summed E-state index contributed by atoms with van der Waals surface area (Å²) in [7, 11) is -3.76. The minimum absolute atomic E-state index is 0.0200. The summed E-state index contributed by atoms with van der Waals surface area (Å²) in [6.45, 7) is 4.37. The Morgan fingerprint density at radius 3 is 2.60 bits per heavy atom. The predicted octanol–water partition coefficient (Wildman–Crippen LogP) is 2.98. The van der Waals surface area contributed by atoms with E-state index in [0.29, 0.717) is 12.4 Å². The van der Waals surface area contributed by atoms with Crippen LogP contribution in [0.25, 0.3) is 0 Å². The van der Waals surface area contributed by atoms with Crippen molar-refractivity contribution < 1.29 is 12.8 Å². The highest BCUT2D eigenvalue weighted by Crippen LogP contribution is 2.35. The molecular weight excluding hydrogens is 363 g/mol. The van der Waals surface area contributed by atoms with E-state index in [4.69, 9.17) is 0 Å². The molecule has 1 aromatic heterocycles. The third kappa shape index (κ3) is 4.39. The van der Waals surface area contributed by atoms with E-state index in [1.54, 1.807) is 18.7 Å². The van der Waals surface area contributed by atoms with E-state index in [-0.39, 0.29) is 4.90 Å². The maximum Gasteiger partial charge on any atom is 0.241 e. The molecule has 1 aliphatic rings. The fourth-order valence-corrected chi connectivity index (χ4v) is 4.86. The number of hydrogen-bond acceptors (Lipinski definition) is 5. The monoisotopic (exact) mass is 384 g/mol. The molecule has 25 heavy (non-hydrogen) atoms. The normalized spacial score (nSPS) is 16.1. The van der Waals surface area contributed by atoms with Gasteiger partial charge in [-0.15, -0.1) is 10.2 Å². The third-order valence-electron chi connectivity index (χ3n) is 4.05. The van der Waals surface area contributed by atoms with Crippen molar-refractivity contribution in [2.75, 3.05) is 5.75 Å². The first-order valence-electron chi connectivity index (χ1n) is 8.24. The summed E-state index contributed by atoms with van der Waals surface area (Å²) in [6, 6.07) is 4.19. The van der Waals surface area contributed by atoms with E-state index in [1.807, 2.05) is 11.5 Å². The van der Waals surface area contributed by atoms with Gasteiger partial charge >= 0.3 is 0 Å². The number of halogens is 1. The van der Waals surface area contributed by atoms with Gasteiger partial charge in [-0.3, -0.25) is 0 Å². The highest BCUT2D eigenvalue weighted by Gasteiger charge is 2.25. The molecule has 6 nitrogen and oxygen atoms in total. The van der Waals surface area contributed by atoms with Crippen LogP contribution in [0.5, 0.6) is 0 Å². The van der Waals surface area contributed by atoms with Crippen LogP contribution in [0.3, 0.4) is 0 Å². The summed E-state index contributed by atoms with van der Waals surface area (Å²) < 4.78 is 42.4. The Morgan fingerprint density at radius 2 is 2.00 bits per heavy atom. The van der Waals surface area contributed by atoms with Crippen molar-refractivity contribution in [2.45, 2.75) is 49.3 Å². The zero-order valence-electron chi connectivity index (χ0n) is 14.1. The fourth-order valence-electron chi connectivity index (χ4n) is 2.47. The van der Waals surface area contributed by atoms with Gasteiger partial charge in [-0.25, -0.2) is 17.5 Å². The second-order valence-electron chi connectivity index (χ2n) is 6.14. The SMILES string of the molecule is CCn1c(SCC2CC2)nnc1[C@@H](C)NS(=O)(=O)c1ccc(F)cc1. The Balaban J connectivity index is 1.75. The zero-order valence-corrected chi connectivity index (χ0v) is 15.8. The van der Waals surface area contributed by atoms with Gasteiger partial charge in [0.2, 0.25) is 10.0 Å². The molecule has 0 unspecified atom stereocenters. The van der Waals surface area contributed by atoms with Crippen molar-refractivity contribution in [3.8, 4) is 0 Å². The van der Waals surface area contributed by atoms with Gasteiger partial charge in [0, 0.05) is 12.3 Å². The van der Waals surface area contributed by atoms with Gasteiger partial charge in [0.05, 0.1) is 10.9 Å². The molecule has 0 saturated heterocycles. The summed E-state index contributed by atoms with van der Waals surface area (Å²) in [5, 5.41) is 9.21. The number of aromatic nitrogens is 3. The number of rotatable bonds is 8. The van der Waals surface area contributed by atoms with Gasteiger partial charge in [0.25, 0.3) is 0 Å². The summed E-state index contributed by atoms with van der Waals surface area (Å²) in [5.41, 5.74) is 0. The van der Waals surface area contributed by atoms with E-state index >= 15 is 0 Å². The lowest BCUT2D eigenvalue weighted by Crippen LogP contribution is -2.29. The largest absolute Gasteiger partial charge is 0.305 e. The second kappa shape index (κ2) is 7.43. The number of nitrogens with one attached hydrogen (secondary N) is 1. The molecule has 0 aliphatic heterocycles. The minimum Gasteiger partial charge on any atom is -0.305 e. The first-order valence-corrected chi connectivity index (χ1v) is 10.7. The van der Waals surface area contributed by atoms with Gasteiger partial charge in [-0.2, -0.15) is 0 Å². The molecule has 136 valence electrons. The molecule has 1 N–H and O–H groups in total. The molecule has 1 fully saturated rings. The smallest absolute Gasteiger partial charge is 0.241 e. The molecule has 0 bridgehead atoms. The predicted molar refractivity (Wildman–Crippen MR) is 94.3 cm³/mol. The molecule has 2 aromatic rings. The first kappa shape index (κ1) is 18.3. The van der Waals surface area contributed by atoms with Crippen molar-refractivity contribution in [2.24, 2.45) is 5.92 Å². The van der Waals surface area contributed by atoms with Gasteiger partial charge in [-0.1, -0.05) is 11.8 Å². The molecule has 3 rings (SSSR count). The molecule has 0 amide bonds. The van der Waals surface area contributed by atoms with E-state index in [9.17, 15) is 12.8 Å². The van der Waals surface area contributed by atoms with Crippen LogP contribution in [-0.4, -0.2) is 28.9 Å². The van der Waals surface area contributed by atoms with Crippen LogP contribution < -0.4 is 4.72 Å². The topological polar surface area (TPSA) is 76.9 Å². The quantitative estimate of drug-likeness (QED) is 0.708. The molecule has 9 heteroatoms. The van der Waals surface area contributed by atoms with Crippen LogP contribution >= 0.6 is 11.8 Å². The van der Waals surface area contributed by atoms with Crippen molar-refractivity contribution in [3.63, 3.8) is 0 Å². The summed E-state index contributed by atoms with van der Waals surface area (Å²) in [6.07, 6.45) is 2.54. The van der Waals surface area contributed by atoms with E-state index in [1.165, 1.54) is 25.0 Å². The molecule has 0 spiro atoms. The van der Waals surface area contributed by atoms with Gasteiger partial charge in [0.1, 0.15) is 5.82 Å². The molecule has 1 saturated carbocycles. The van der Waals surface area contributed by atoms with Crippen LogP contribution in [0.1, 0.15) is 38.6 Å². The molecular formula is C16H21FN4O2S2. The molecule has 1 aliphatic carbocycles. The van der Waals surface area contributed by atoms with Crippen molar-refractivity contribution in [1.82, 2.24) is 19.5 Å². The van der Waals surface area contributed by atoms with Crippen LogP contribution in [0.4, 0.5) is 4.39 Å². The Bertz CT molecular complexity index is 832. The number of nitrogens with zero attached hydrogens (tertiary/aromatic N) is 3. The van der Waals surface area contributed by atoms with Gasteiger partial charge in [-0.05, 0) is 56.9 Å². The maximum atomic E-state index is 13.0. The van der Waals surface area contributed by atoms with E-state index < -0.39 is 21.9 Å². The number of sulfonamides is 1.